The normalized spacial score (nSPS) is 28.4. The molecule has 0 unspecified atom stereocenters. The summed E-state index contributed by atoms with van der Waals surface area (Å²) < 4.78 is 13.4. The lowest BCUT2D eigenvalue weighted by atomic mass is 9.77. The van der Waals surface area contributed by atoms with Crippen molar-refractivity contribution in [3.63, 3.8) is 0 Å². The molecule has 1 heterocycles. The van der Waals surface area contributed by atoms with E-state index in [1.54, 1.807) is 12.3 Å². The molecule has 0 saturated heterocycles. The van der Waals surface area contributed by atoms with Gasteiger partial charge in [0.2, 0.25) is 0 Å². The molecule has 26 heavy (non-hydrogen) atoms. The van der Waals surface area contributed by atoms with E-state index in [-0.39, 0.29) is 12.4 Å². The second-order valence-electron chi connectivity index (χ2n) is 7.81. The number of rotatable bonds is 4. The van der Waals surface area contributed by atoms with Crippen molar-refractivity contribution in [1.82, 2.24) is 4.98 Å². The SMILES string of the molecule is OC[C@H]1C[C@H]2CCCC[C@H]2[C@@H]1C=Cc1ccc(-c2cccc(F)c2)cn1. The van der Waals surface area contributed by atoms with Crippen molar-refractivity contribution in [2.24, 2.45) is 23.7 Å². The Kier molecular flexibility index (Phi) is 5.16. The largest absolute Gasteiger partial charge is 0.396 e. The Labute approximate surface area is 154 Å². The Balaban J connectivity index is 1.49. The van der Waals surface area contributed by atoms with E-state index in [4.69, 9.17) is 0 Å². The summed E-state index contributed by atoms with van der Waals surface area (Å²) in [5.41, 5.74) is 2.68. The highest BCUT2D eigenvalue weighted by molar-refractivity contribution is 5.63. The number of hydrogen-bond acceptors (Lipinski definition) is 2. The standard InChI is InChI=1S/C23H26FNO/c24-20-6-3-5-16(13-20)18-8-9-21(25-14-18)10-11-23-19(15-26)12-17-4-1-2-7-22(17)23/h3,5-6,8-11,13-14,17,19,22-23,26H,1-2,4,7,12,15H2/t17-,19-,22-,23-/m1/s1. The summed E-state index contributed by atoms with van der Waals surface area (Å²) >= 11 is 0. The molecule has 2 aromatic rings. The van der Waals surface area contributed by atoms with Crippen molar-refractivity contribution in [2.75, 3.05) is 6.61 Å². The number of nitrogens with zero attached hydrogens (tertiary/aromatic N) is 1. The van der Waals surface area contributed by atoms with Crippen LogP contribution in [0.1, 0.15) is 37.8 Å². The molecule has 0 spiro atoms. The molecule has 0 amide bonds. The van der Waals surface area contributed by atoms with E-state index >= 15 is 0 Å². The molecular weight excluding hydrogens is 325 g/mol. The topological polar surface area (TPSA) is 33.1 Å². The molecule has 4 atom stereocenters. The van der Waals surface area contributed by atoms with E-state index < -0.39 is 0 Å². The molecule has 0 aliphatic heterocycles. The predicted molar refractivity (Wildman–Crippen MR) is 103 cm³/mol. The zero-order valence-electron chi connectivity index (χ0n) is 15.0. The maximum absolute atomic E-state index is 13.4. The quantitative estimate of drug-likeness (QED) is 0.807. The third kappa shape index (κ3) is 3.59. The van der Waals surface area contributed by atoms with Crippen LogP contribution in [0.2, 0.25) is 0 Å². The van der Waals surface area contributed by atoms with Crippen LogP contribution in [0.3, 0.4) is 0 Å². The van der Waals surface area contributed by atoms with Crippen LogP contribution in [-0.4, -0.2) is 16.7 Å². The van der Waals surface area contributed by atoms with E-state index in [9.17, 15) is 9.50 Å². The molecule has 0 radical (unpaired) electrons. The summed E-state index contributed by atoms with van der Waals surface area (Å²) in [5.74, 6) is 2.15. The van der Waals surface area contributed by atoms with Crippen LogP contribution in [0, 0.1) is 29.5 Å². The number of aromatic nitrogens is 1. The number of pyridine rings is 1. The Morgan fingerprint density at radius 3 is 2.77 bits per heavy atom. The lowest BCUT2D eigenvalue weighted by molar-refractivity contribution is 0.196. The van der Waals surface area contributed by atoms with E-state index in [0.29, 0.717) is 11.8 Å². The highest BCUT2D eigenvalue weighted by Crippen LogP contribution is 2.49. The number of aliphatic hydroxyl groups excluding tert-OH is 1. The average molecular weight is 351 g/mol. The highest BCUT2D eigenvalue weighted by atomic mass is 19.1. The molecule has 1 N–H and O–H groups in total. The Hall–Kier alpha value is -2.00. The molecule has 136 valence electrons. The summed E-state index contributed by atoms with van der Waals surface area (Å²) in [5, 5.41) is 9.79. The van der Waals surface area contributed by atoms with Crippen LogP contribution in [0.4, 0.5) is 4.39 Å². The van der Waals surface area contributed by atoms with E-state index in [1.807, 2.05) is 18.2 Å². The van der Waals surface area contributed by atoms with Gasteiger partial charge in [-0.05, 0) is 66.4 Å². The van der Waals surface area contributed by atoms with Gasteiger partial charge in [0.1, 0.15) is 5.82 Å². The Morgan fingerprint density at radius 1 is 1.12 bits per heavy atom. The summed E-state index contributed by atoms with van der Waals surface area (Å²) in [6, 6.07) is 10.6. The molecule has 2 nitrogen and oxygen atoms in total. The van der Waals surface area contributed by atoms with Gasteiger partial charge < -0.3 is 5.11 Å². The number of hydrogen-bond donors (Lipinski definition) is 1. The fourth-order valence-corrected chi connectivity index (χ4v) is 4.98. The Morgan fingerprint density at radius 2 is 2.00 bits per heavy atom. The lowest BCUT2D eigenvalue weighted by Crippen LogP contribution is -2.20. The molecule has 2 saturated carbocycles. The second-order valence-corrected chi connectivity index (χ2v) is 7.81. The summed E-state index contributed by atoms with van der Waals surface area (Å²) in [4.78, 5) is 4.53. The fourth-order valence-electron chi connectivity index (χ4n) is 4.98. The van der Waals surface area contributed by atoms with Gasteiger partial charge in [0.25, 0.3) is 0 Å². The van der Waals surface area contributed by atoms with Crippen molar-refractivity contribution in [3.05, 3.63) is 60.2 Å². The van der Waals surface area contributed by atoms with E-state index in [2.05, 4.69) is 17.1 Å². The average Bonchev–Trinajstić information content (AvgIpc) is 3.04. The summed E-state index contributed by atoms with van der Waals surface area (Å²) in [6.45, 7) is 0.286. The molecular formula is C23H26FNO. The third-order valence-electron chi connectivity index (χ3n) is 6.28. The molecule has 4 rings (SSSR count). The fraction of sp³-hybridized carbons (Fsp3) is 0.435. The molecule has 3 heteroatoms. The number of halogens is 1. The van der Waals surface area contributed by atoms with Crippen molar-refractivity contribution < 1.29 is 9.50 Å². The monoisotopic (exact) mass is 351 g/mol. The predicted octanol–water partition coefficient (Wildman–Crippen LogP) is 5.34. The Bertz CT molecular complexity index is 770. The molecule has 2 aliphatic rings. The van der Waals surface area contributed by atoms with Gasteiger partial charge in [-0.1, -0.05) is 43.5 Å². The maximum atomic E-state index is 13.4. The van der Waals surface area contributed by atoms with Crippen LogP contribution in [0.15, 0.2) is 48.7 Å². The highest BCUT2D eigenvalue weighted by Gasteiger charge is 2.42. The zero-order valence-corrected chi connectivity index (χ0v) is 15.0. The van der Waals surface area contributed by atoms with Gasteiger partial charge in [0.15, 0.2) is 0 Å². The van der Waals surface area contributed by atoms with Crippen LogP contribution >= 0.6 is 0 Å². The molecule has 2 fully saturated rings. The van der Waals surface area contributed by atoms with Gasteiger partial charge in [-0.2, -0.15) is 0 Å². The molecule has 1 aromatic carbocycles. The first-order valence-electron chi connectivity index (χ1n) is 9.75. The third-order valence-corrected chi connectivity index (χ3v) is 6.28. The smallest absolute Gasteiger partial charge is 0.123 e. The molecule has 2 aliphatic carbocycles. The number of aliphatic hydroxyl groups is 1. The summed E-state index contributed by atoms with van der Waals surface area (Å²) in [7, 11) is 0. The van der Waals surface area contributed by atoms with Crippen molar-refractivity contribution in [1.29, 1.82) is 0 Å². The first-order valence-corrected chi connectivity index (χ1v) is 9.75. The first-order chi connectivity index (χ1) is 12.7. The lowest BCUT2D eigenvalue weighted by Gasteiger charge is -2.28. The van der Waals surface area contributed by atoms with Gasteiger partial charge in [-0.15, -0.1) is 0 Å². The van der Waals surface area contributed by atoms with Crippen LogP contribution in [0.25, 0.3) is 17.2 Å². The minimum Gasteiger partial charge on any atom is -0.396 e. The van der Waals surface area contributed by atoms with Crippen LogP contribution in [0.5, 0.6) is 0 Å². The van der Waals surface area contributed by atoms with Gasteiger partial charge in [-0.3, -0.25) is 4.98 Å². The first kappa shape index (κ1) is 17.4. The van der Waals surface area contributed by atoms with Crippen molar-refractivity contribution in [2.45, 2.75) is 32.1 Å². The number of allylic oxidation sites excluding steroid dienone is 1. The van der Waals surface area contributed by atoms with E-state index in [1.165, 1.54) is 44.2 Å². The minimum atomic E-state index is -0.232. The maximum Gasteiger partial charge on any atom is 0.123 e. The van der Waals surface area contributed by atoms with Crippen molar-refractivity contribution >= 4 is 6.08 Å². The van der Waals surface area contributed by atoms with Gasteiger partial charge >= 0.3 is 0 Å². The van der Waals surface area contributed by atoms with Crippen molar-refractivity contribution in [3.8, 4) is 11.1 Å². The molecule has 1 aromatic heterocycles. The van der Waals surface area contributed by atoms with Gasteiger partial charge in [-0.25, -0.2) is 4.39 Å². The van der Waals surface area contributed by atoms with Crippen LogP contribution in [-0.2, 0) is 0 Å². The molecule has 0 bridgehead atoms. The summed E-state index contributed by atoms with van der Waals surface area (Å²) in [6.07, 6.45) is 12.6. The second kappa shape index (κ2) is 7.71. The van der Waals surface area contributed by atoms with Gasteiger partial charge in [0.05, 0.1) is 5.69 Å². The number of benzene rings is 1. The van der Waals surface area contributed by atoms with E-state index in [0.717, 1.165) is 28.7 Å². The number of fused-ring (bicyclic) bond motifs is 1. The minimum absolute atomic E-state index is 0.232. The zero-order chi connectivity index (χ0) is 17.9. The van der Waals surface area contributed by atoms with Gasteiger partial charge in [0, 0.05) is 18.4 Å². The van der Waals surface area contributed by atoms with Crippen LogP contribution < -0.4 is 0 Å².